The van der Waals surface area contributed by atoms with Crippen LogP contribution in [0.1, 0.15) is 44.9 Å². The van der Waals surface area contributed by atoms with Gasteiger partial charge in [-0.05, 0) is 43.4 Å². The lowest BCUT2D eigenvalue weighted by molar-refractivity contribution is 0.467. The van der Waals surface area contributed by atoms with Crippen molar-refractivity contribution >= 4 is 16.7 Å². The summed E-state index contributed by atoms with van der Waals surface area (Å²) >= 11 is 1.52. The molecule has 0 unspecified atom stereocenters. The zero-order valence-electron chi connectivity index (χ0n) is 9.83. The Bertz CT molecular complexity index is 366. The van der Waals surface area contributed by atoms with E-state index in [2.05, 4.69) is 21.6 Å². The highest BCUT2D eigenvalue weighted by atomic mass is 32.1. The van der Waals surface area contributed by atoms with Crippen LogP contribution in [-0.2, 0) is 6.42 Å². The number of nitrogens with zero attached hydrogens (tertiary/aromatic N) is 2. The van der Waals surface area contributed by atoms with E-state index in [1.807, 2.05) is 0 Å². The zero-order valence-corrected chi connectivity index (χ0v) is 10.6. The van der Waals surface area contributed by atoms with Crippen molar-refractivity contribution in [3.8, 4) is 0 Å². The Labute approximate surface area is 101 Å². The Kier molecular flexibility index (Phi) is 2.62. The van der Waals surface area contributed by atoms with Gasteiger partial charge < -0.3 is 5.32 Å². The number of anilines is 1. The molecule has 4 heteroatoms. The van der Waals surface area contributed by atoms with E-state index >= 15 is 0 Å². The van der Waals surface area contributed by atoms with Crippen molar-refractivity contribution in [2.75, 3.05) is 11.9 Å². The third-order valence-corrected chi connectivity index (χ3v) is 4.58. The minimum atomic E-state index is 0.649. The van der Waals surface area contributed by atoms with Crippen LogP contribution in [0.15, 0.2) is 0 Å². The molecule has 88 valence electrons. The number of hydrogen-bond donors (Lipinski definition) is 1. The molecule has 2 aliphatic carbocycles. The molecule has 0 aromatic carbocycles. The maximum atomic E-state index is 4.51. The summed E-state index contributed by atoms with van der Waals surface area (Å²) in [6.45, 7) is 3.29. The van der Waals surface area contributed by atoms with Crippen LogP contribution in [0.2, 0.25) is 0 Å². The molecule has 1 aromatic heterocycles. The predicted octanol–water partition coefficient (Wildman–Crippen LogP) is 3.09. The summed E-state index contributed by atoms with van der Waals surface area (Å²) in [5, 5.41) is 4.52. The molecule has 0 amide bonds. The standard InChI is InChI=1S/C12H19N3S/c1-2-3-10-14-11(16-15-10)13-8-12(6-7-12)9-4-5-9/h9H,2-8H2,1H3,(H,13,14,15). The quantitative estimate of drug-likeness (QED) is 0.826. The molecule has 0 atom stereocenters. The van der Waals surface area contributed by atoms with Crippen LogP contribution in [0.25, 0.3) is 0 Å². The van der Waals surface area contributed by atoms with Gasteiger partial charge in [0.05, 0.1) is 0 Å². The van der Waals surface area contributed by atoms with Gasteiger partial charge in [-0.3, -0.25) is 0 Å². The van der Waals surface area contributed by atoms with Crippen molar-refractivity contribution in [1.29, 1.82) is 0 Å². The summed E-state index contributed by atoms with van der Waals surface area (Å²) in [7, 11) is 0. The lowest BCUT2D eigenvalue weighted by Gasteiger charge is -2.13. The SMILES string of the molecule is CCCc1nsc(NCC2(C3CC3)CC2)n1. The monoisotopic (exact) mass is 237 g/mol. The fraction of sp³-hybridized carbons (Fsp3) is 0.833. The summed E-state index contributed by atoms with van der Waals surface area (Å²) in [6.07, 6.45) is 7.89. The third-order valence-electron chi connectivity index (χ3n) is 3.87. The maximum absolute atomic E-state index is 4.51. The van der Waals surface area contributed by atoms with E-state index in [9.17, 15) is 0 Å². The molecule has 0 bridgehead atoms. The smallest absolute Gasteiger partial charge is 0.202 e. The largest absolute Gasteiger partial charge is 0.360 e. The highest BCUT2D eigenvalue weighted by Gasteiger charge is 2.53. The fourth-order valence-corrected chi connectivity index (χ4v) is 3.10. The average Bonchev–Trinajstić information content (AvgIpc) is 3.16. The summed E-state index contributed by atoms with van der Waals surface area (Å²) in [5.41, 5.74) is 0.649. The van der Waals surface area contributed by atoms with Crippen molar-refractivity contribution in [3.63, 3.8) is 0 Å². The number of rotatable bonds is 6. The van der Waals surface area contributed by atoms with Gasteiger partial charge in [-0.1, -0.05) is 6.92 Å². The molecule has 0 aliphatic heterocycles. The zero-order chi connectivity index (χ0) is 11.0. The summed E-state index contributed by atoms with van der Waals surface area (Å²) < 4.78 is 4.36. The van der Waals surface area contributed by atoms with Gasteiger partial charge in [-0.2, -0.15) is 4.37 Å². The average molecular weight is 237 g/mol. The van der Waals surface area contributed by atoms with Gasteiger partial charge in [0.1, 0.15) is 5.82 Å². The lowest BCUT2D eigenvalue weighted by Crippen LogP contribution is -2.17. The minimum absolute atomic E-state index is 0.649. The Balaban J connectivity index is 1.53. The molecule has 3 nitrogen and oxygen atoms in total. The molecule has 16 heavy (non-hydrogen) atoms. The molecule has 2 fully saturated rings. The van der Waals surface area contributed by atoms with Gasteiger partial charge in [0.25, 0.3) is 0 Å². The van der Waals surface area contributed by atoms with Crippen LogP contribution in [0.4, 0.5) is 5.13 Å². The van der Waals surface area contributed by atoms with E-state index in [1.165, 1.54) is 37.2 Å². The third kappa shape index (κ3) is 2.08. The Morgan fingerprint density at radius 2 is 2.25 bits per heavy atom. The maximum Gasteiger partial charge on any atom is 0.202 e. The van der Waals surface area contributed by atoms with Gasteiger partial charge in [0.2, 0.25) is 5.13 Å². The van der Waals surface area contributed by atoms with E-state index in [0.717, 1.165) is 36.3 Å². The molecule has 3 rings (SSSR count). The summed E-state index contributed by atoms with van der Waals surface area (Å²) in [5.74, 6) is 2.02. The van der Waals surface area contributed by atoms with Crippen molar-refractivity contribution in [3.05, 3.63) is 5.82 Å². The second-order valence-corrected chi connectivity index (χ2v) is 6.01. The van der Waals surface area contributed by atoms with Crippen molar-refractivity contribution in [1.82, 2.24) is 9.36 Å². The second-order valence-electron chi connectivity index (χ2n) is 5.26. The highest BCUT2D eigenvalue weighted by Crippen LogP contribution is 2.61. The topological polar surface area (TPSA) is 37.8 Å². The first-order valence-electron chi connectivity index (χ1n) is 6.39. The first-order chi connectivity index (χ1) is 7.82. The second kappa shape index (κ2) is 3.99. The molecule has 1 aromatic rings. The van der Waals surface area contributed by atoms with Gasteiger partial charge in [0.15, 0.2) is 0 Å². The minimum Gasteiger partial charge on any atom is -0.360 e. The highest BCUT2D eigenvalue weighted by molar-refractivity contribution is 7.09. The molecule has 0 radical (unpaired) electrons. The van der Waals surface area contributed by atoms with Crippen LogP contribution < -0.4 is 5.32 Å². The number of aryl methyl sites for hydroxylation is 1. The molecule has 1 N–H and O–H groups in total. The molecule has 1 heterocycles. The lowest BCUT2D eigenvalue weighted by atomic mass is 10.0. The molecule has 2 aliphatic rings. The van der Waals surface area contributed by atoms with Crippen molar-refractivity contribution < 1.29 is 0 Å². The Morgan fingerprint density at radius 3 is 2.88 bits per heavy atom. The van der Waals surface area contributed by atoms with Gasteiger partial charge >= 0.3 is 0 Å². The Hall–Kier alpha value is -0.640. The van der Waals surface area contributed by atoms with Gasteiger partial charge in [-0.15, -0.1) is 0 Å². The molecular formula is C12H19N3S. The molecule has 2 saturated carbocycles. The number of nitrogens with one attached hydrogen (secondary N) is 1. The Morgan fingerprint density at radius 1 is 1.44 bits per heavy atom. The van der Waals surface area contributed by atoms with E-state index in [0.29, 0.717) is 5.41 Å². The van der Waals surface area contributed by atoms with Gasteiger partial charge in [-0.25, -0.2) is 4.98 Å². The summed E-state index contributed by atoms with van der Waals surface area (Å²) in [6, 6.07) is 0. The van der Waals surface area contributed by atoms with Crippen LogP contribution in [0.5, 0.6) is 0 Å². The van der Waals surface area contributed by atoms with Crippen molar-refractivity contribution in [2.45, 2.75) is 45.4 Å². The van der Waals surface area contributed by atoms with Crippen LogP contribution >= 0.6 is 11.5 Å². The summed E-state index contributed by atoms with van der Waals surface area (Å²) in [4.78, 5) is 4.51. The fourth-order valence-electron chi connectivity index (χ4n) is 2.49. The molecule has 0 saturated heterocycles. The van der Waals surface area contributed by atoms with E-state index in [4.69, 9.17) is 0 Å². The van der Waals surface area contributed by atoms with Crippen LogP contribution in [0, 0.1) is 11.3 Å². The number of aromatic nitrogens is 2. The van der Waals surface area contributed by atoms with E-state index < -0.39 is 0 Å². The van der Waals surface area contributed by atoms with Crippen LogP contribution in [-0.4, -0.2) is 15.9 Å². The van der Waals surface area contributed by atoms with E-state index in [-0.39, 0.29) is 0 Å². The first kappa shape index (κ1) is 10.5. The normalized spacial score (nSPS) is 22.1. The predicted molar refractivity (Wildman–Crippen MR) is 66.8 cm³/mol. The molecule has 0 spiro atoms. The van der Waals surface area contributed by atoms with Crippen molar-refractivity contribution in [2.24, 2.45) is 11.3 Å². The first-order valence-corrected chi connectivity index (χ1v) is 7.16. The number of hydrogen-bond acceptors (Lipinski definition) is 4. The van der Waals surface area contributed by atoms with Crippen LogP contribution in [0.3, 0.4) is 0 Å². The van der Waals surface area contributed by atoms with E-state index in [1.54, 1.807) is 0 Å². The molecular weight excluding hydrogens is 218 g/mol. The van der Waals surface area contributed by atoms with Gasteiger partial charge in [0, 0.05) is 24.5 Å².